The molecule has 1 aliphatic heterocycles. The van der Waals surface area contributed by atoms with Crippen LogP contribution in [0.1, 0.15) is 18.9 Å². The molecule has 0 saturated carbocycles. The van der Waals surface area contributed by atoms with Gasteiger partial charge in [-0.3, -0.25) is 4.90 Å². The number of cyclic esters (lactones) is 1. The molecule has 0 aliphatic carbocycles. The number of aromatic nitrogens is 2. The molecule has 1 saturated heterocycles. The van der Waals surface area contributed by atoms with Crippen LogP contribution in [-0.4, -0.2) is 22.6 Å². The van der Waals surface area contributed by atoms with Crippen molar-refractivity contribution >= 4 is 11.9 Å². The van der Waals surface area contributed by atoms with Crippen molar-refractivity contribution in [2.24, 2.45) is 0 Å². The van der Waals surface area contributed by atoms with Crippen LogP contribution in [0.25, 0.3) is 11.4 Å². The van der Waals surface area contributed by atoms with Crippen molar-refractivity contribution < 1.29 is 13.9 Å². The van der Waals surface area contributed by atoms with Gasteiger partial charge >= 0.3 is 6.09 Å². The number of halogens is 1. The predicted octanol–water partition coefficient (Wildman–Crippen LogP) is 4.54. The molecule has 4 rings (SSSR count). The first kappa shape index (κ1) is 17.1. The van der Waals surface area contributed by atoms with Crippen molar-refractivity contribution in [3.8, 4) is 11.4 Å². The highest BCUT2D eigenvalue weighted by Gasteiger charge is 2.39. The lowest BCUT2D eigenvalue weighted by Crippen LogP contribution is -2.47. The van der Waals surface area contributed by atoms with Crippen LogP contribution in [0.2, 0.25) is 0 Å². The molecule has 27 heavy (non-hydrogen) atoms. The lowest BCUT2D eigenvalue weighted by Gasteiger charge is -2.38. The Morgan fingerprint density at radius 3 is 2.67 bits per heavy atom. The lowest BCUT2D eigenvalue weighted by atomic mass is 9.91. The third-order valence-electron chi connectivity index (χ3n) is 4.73. The molecule has 0 N–H and O–H groups in total. The summed E-state index contributed by atoms with van der Waals surface area (Å²) in [6, 6.07) is 17.4. The Kier molecular flexibility index (Phi) is 4.32. The summed E-state index contributed by atoms with van der Waals surface area (Å²) in [5, 5.41) is 0. The summed E-state index contributed by atoms with van der Waals surface area (Å²) >= 11 is 0. The van der Waals surface area contributed by atoms with Crippen LogP contribution in [0.3, 0.4) is 0 Å². The van der Waals surface area contributed by atoms with Gasteiger partial charge in [-0.25, -0.2) is 19.2 Å². The van der Waals surface area contributed by atoms with E-state index in [0.717, 1.165) is 5.56 Å². The Morgan fingerprint density at radius 2 is 1.93 bits per heavy atom. The molecule has 1 aliphatic rings. The SMILES string of the molecule is CC1(c2ccccc2)CCN(c2ccnc(-c3cccc(F)c3)n2)C(=O)O1. The molecule has 1 fully saturated rings. The number of nitrogens with zero attached hydrogens (tertiary/aromatic N) is 3. The third kappa shape index (κ3) is 3.38. The first-order valence-corrected chi connectivity index (χ1v) is 8.70. The molecule has 1 aromatic heterocycles. The van der Waals surface area contributed by atoms with Crippen LogP contribution in [0.5, 0.6) is 0 Å². The van der Waals surface area contributed by atoms with Gasteiger partial charge in [-0.05, 0) is 30.7 Å². The van der Waals surface area contributed by atoms with Crippen LogP contribution in [0.15, 0.2) is 66.9 Å². The van der Waals surface area contributed by atoms with Crippen molar-refractivity contribution in [3.05, 3.63) is 78.2 Å². The van der Waals surface area contributed by atoms with Crippen LogP contribution in [0, 0.1) is 5.82 Å². The molecular formula is C21H18FN3O2. The summed E-state index contributed by atoms with van der Waals surface area (Å²) in [7, 11) is 0. The monoisotopic (exact) mass is 363 g/mol. The van der Waals surface area contributed by atoms with Crippen molar-refractivity contribution in [2.45, 2.75) is 18.9 Å². The highest BCUT2D eigenvalue weighted by Crippen LogP contribution is 2.35. The molecule has 0 spiro atoms. The summed E-state index contributed by atoms with van der Waals surface area (Å²) in [6.07, 6.45) is 1.72. The van der Waals surface area contributed by atoms with Crippen molar-refractivity contribution in [2.75, 3.05) is 11.4 Å². The van der Waals surface area contributed by atoms with E-state index >= 15 is 0 Å². The number of hydrogen-bond donors (Lipinski definition) is 0. The summed E-state index contributed by atoms with van der Waals surface area (Å²) in [5.41, 5.74) is 0.838. The highest BCUT2D eigenvalue weighted by atomic mass is 19.1. The maximum absolute atomic E-state index is 13.5. The van der Waals surface area contributed by atoms with Crippen LogP contribution < -0.4 is 4.90 Å². The van der Waals surface area contributed by atoms with E-state index in [-0.39, 0.29) is 5.82 Å². The van der Waals surface area contributed by atoms with Gasteiger partial charge in [0, 0.05) is 24.7 Å². The molecular weight excluding hydrogens is 345 g/mol. The average Bonchev–Trinajstić information content (AvgIpc) is 2.69. The van der Waals surface area contributed by atoms with Crippen LogP contribution in [0.4, 0.5) is 15.0 Å². The molecule has 1 atom stereocenters. The van der Waals surface area contributed by atoms with Gasteiger partial charge < -0.3 is 4.74 Å². The highest BCUT2D eigenvalue weighted by molar-refractivity contribution is 5.87. The molecule has 5 nitrogen and oxygen atoms in total. The third-order valence-corrected chi connectivity index (χ3v) is 4.73. The number of benzene rings is 2. The van der Waals surface area contributed by atoms with E-state index in [4.69, 9.17) is 4.74 Å². The molecule has 1 unspecified atom stereocenters. The maximum atomic E-state index is 13.5. The molecule has 1 amide bonds. The fraction of sp³-hybridized carbons (Fsp3) is 0.190. The second-order valence-electron chi connectivity index (χ2n) is 6.62. The fourth-order valence-electron chi connectivity index (χ4n) is 3.18. The van der Waals surface area contributed by atoms with E-state index < -0.39 is 11.7 Å². The van der Waals surface area contributed by atoms with Gasteiger partial charge in [0.25, 0.3) is 0 Å². The smallest absolute Gasteiger partial charge is 0.416 e. The van der Waals surface area contributed by atoms with Gasteiger partial charge in [0.2, 0.25) is 0 Å². The Labute approximate surface area is 156 Å². The summed E-state index contributed by atoms with van der Waals surface area (Å²) in [4.78, 5) is 22.8. The number of amides is 1. The van der Waals surface area contributed by atoms with Crippen LogP contribution in [-0.2, 0) is 10.3 Å². The number of carbonyl (C=O) groups is 1. The fourth-order valence-corrected chi connectivity index (χ4v) is 3.18. The number of rotatable bonds is 3. The average molecular weight is 363 g/mol. The van der Waals surface area contributed by atoms with Gasteiger partial charge in [0.05, 0.1) is 0 Å². The first-order chi connectivity index (χ1) is 13.0. The van der Waals surface area contributed by atoms with Crippen LogP contribution >= 0.6 is 0 Å². The van der Waals surface area contributed by atoms with Gasteiger partial charge in [0.1, 0.15) is 17.2 Å². The molecule has 6 heteroatoms. The largest absolute Gasteiger partial charge is 0.438 e. The quantitative estimate of drug-likeness (QED) is 0.685. The first-order valence-electron chi connectivity index (χ1n) is 8.70. The number of hydrogen-bond acceptors (Lipinski definition) is 4. The Morgan fingerprint density at radius 1 is 1.11 bits per heavy atom. The van der Waals surface area contributed by atoms with E-state index in [1.807, 2.05) is 37.3 Å². The van der Waals surface area contributed by atoms with Gasteiger partial charge in [-0.2, -0.15) is 0 Å². The Bertz CT molecular complexity index is 980. The van der Waals surface area contributed by atoms with Crippen molar-refractivity contribution in [1.29, 1.82) is 0 Å². The number of ether oxygens (including phenoxy) is 1. The molecule has 136 valence electrons. The van der Waals surface area contributed by atoms with E-state index in [1.165, 1.54) is 17.0 Å². The molecule has 3 aromatic rings. The Hall–Kier alpha value is -3.28. The minimum Gasteiger partial charge on any atom is -0.438 e. The standard InChI is InChI=1S/C21H18FN3O2/c1-21(16-7-3-2-4-8-16)11-13-25(20(26)27-21)18-10-12-23-19(24-18)15-6-5-9-17(22)14-15/h2-10,12,14H,11,13H2,1H3. The molecule has 2 heterocycles. The summed E-state index contributed by atoms with van der Waals surface area (Å²) < 4.78 is 19.2. The predicted molar refractivity (Wildman–Crippen MR) is 99.7 cm³/mol. The topological polar surface area (TPSA) is 55.3 Å². The molecule has 0 bridgehead atoms. The zero-order valence-electron chi connectivity index (χ0n) is 14.8. The van der Waals surface area contributed by atoms with Gasteiger partial charge in [0.15, 0.2) is 5.82 Å². The molecule has 0 radical (unpaired) electrons. The number of carbonyl (C=O) groups excluding carboxylic acids is 1. The zero-order chi connectivity index (χ0) is 18.9. The molecule has 2 aromatic carbocycles. The Balaban J connectivity index is 1.59. The normalized spacial score (nSPS) is 19.6. The lowest BCUT2D eigenvalue weighted by molar-refractivity contribution is 0.00565. The van der Waals surface area contributed by atoms with Crippen molar-refractivity contribution in [1.82, 2.24) is 9.97 Å². The minimum absolute atomic E-state index is 0.358. The minimum atomic E-state index is -0.673. The number of anilines is 1. The van der Waals surface area contributed by atoms with Gasteiger partial charge in [-0.1, -0.05) is 42.5 Å². The van der Waals surface area contributed by atoms with Crippen molar-refractivity contribution in [3.63, 3.8) is 0 Å². The second kappa shape index (κ2) is 6.79. The van der Waals surface area contributed by atoms with E-state index in [0.29, 0.717) is 30.2 Å². The van der Waals surface area contributed by atoms with Gasteiger partial charge in [-0.15, -0.1) is 0 Å². The second-order valence-corrected chi connectivity index (χ2v) is 6.62. The maximum Gasteiger partial charge on any atom is 0.416 e. The van der Waals surface area contributed by atoms with E-state index in [2.05, 4.69) is 9.97 Å². The van der Waals surface area contributed by atoms with E-state index in [1.54, 1.807) is 24.4 Å². The van der Waals surface area contributed by atoms with E-state index in [9.17, 15) is 9.18 Å². The summed E-state index contributed by atoms with van der Waals surface area (Å²) in [6.45, 7) is 2.37. The summed E-state index contributed by atoms with van der Waals surface area (Å²) in [5.74, 6) is 0.429. The zero-order valence-corrected chi connectivity index (χ0v) is 14.8.